The van der Waals surface area contributed by atoms with E-state index in [9.17, 15) is 4.79 Å². The van der Waals surface area contributed by atoms with E-state index in [0.717, 1.165) is 5.39 Å². The van der Waals surface area contributed by atoms with Gasteiger partial charge in [0.2, 0.25) is 11.5 Å². The molecule has 0 aliphatic carbocycles. The maximum atomic E-state index is 11.5. The number of carbonyl (C=O) groups is 1. The highest BCUT2D eigenvalue weighted by Gasteiger charge is 2.20. The largest absolute Gasteiger partial charge is 0.486 e. The molecule has 1 aliphatic heterocycles. The predicted molar refractivity (Wildman–Crippen MR) is 60.6 cm³/mol. The highest BCUT2D eigenvalue weighted by molar-refractivity contribution is 6.00. The van der Waals surface area contributed by atoms with E-state index in [2.05, 4.69) is 0 Å². The maximum absolute atomic E-state index is 11.5. The number of rotatable bonds is 2. The van der Waals surface area contributed by atoms with Crippen LogP contribution in [0.2, 0.25) is 0 Å². The van der Waals surface area contributed by atoms with Gasteiger partial charge in [-0.1, -0.05) is 0 Å². The van der Waals surface area contributed by atoms with Crippen molar-refractivity contribution >= 4 is 16.8 Å². The lowest BCUT2D eigenvalue weighted by Gasteiger charge is -2.17. The van der Waals surface area contributed by atoms with Gasteiger partial charge in [0.05, 0.1) is 6.54 Å². The Hall–Kier alpha value is -2.01. The molecule has 0 fully saturated rings. The molecule has 0 radical (unpaired) electrons. The molecule has 0 saturated carbocycles. The summed E-state index contributed by atoms with van der Waals surface area (Å²) >= 11 is 0. The third-order valence-electron chi connectivity index (χ3n) is 2.65. The number of furan rings is 1. The number of hydrogen-bond donors (Lipinski definition) is 1. The van der Waals surface area contributed by atoms with Crippen LogP contribution in [0.3, 0.4) is 0 Å². The quantitative estimate of drug-likeness (QED) is 0.792. The minimum absolute atomic E-state index is 0.0701. The number of ketones is 1. The molecule has 0 saturated heterocycles. The van der Waals surface area contributed by atoms with E-state index in [1.165, 1.54) is 0 Å². The third kappa shape index (κ3) is 1.55. The smallest absolute Gasteiger partial charge is 0.211 e. The van der Waals surface area contributed by atoms with Crippen LogP contribution in [-0.2, 0) is 0 Å². The van der Waals surface area contributed by atoms with Crippen molar-refractivity contribution in [3.05, 3.63) is 24.0 Å². The monoisotopic (exact) mass is 233 g/mol. The molecule has 0 bridgehead atoms. The molecule has 2 N–H and O–H groups in total. The zero-order valence-electron chi connectivity index (χ0n) is 9.06. The fourth-order valence-electron chi connectivity index (χ4n) is 1.84. The van der Waals surface area contributed by atoms with Gasteiger partial charge in [0.25, 0.3) is 0 Å². The van der Waals surface area contributed by atoms with Gasteiger partial charge >= 0.3 is 0 Å². The standard InChI is InChI=1S/C12H11NO4/c13-6-8(14)10-5-7-1-2-9-12(11(7)17-10)16-4-3-15-9/h1-2,5H,3-4,6,13H2. The molecule has 0 unspecified atom stereocenters. The van der Waals surface area contributed by atoms with E-state index < -0.39 is 0 Å². The summed E-state index contributed by atoms with van der Waals surface area (Å²) < 4.78 is 16.4. The van der Waals surface area contributed by atoms with Crippen LogP contribution in [0.5, 0.6) is 11.5 Å². The first-order valence-corrected chi connectivity index (χ1v) is 5.35. The van der Waals surface area contributed by atoms with Gasteiger partial charge in [-0.05, 0) is 18.2 Å². The Morgan fingerprint density at radius 1 is 1.29 bits per heavy atom. The molecule has 5 nitrogen and oxygen atoms in total. The SMILES string of the molecule is NCC(=O)c1cc2ccc3c(c2o1)OCCO3. The van der Waals surface area contributed by atoms with E-state index in [0.29, 0.717) is 30.3 Å². The van der Waals surface area contributed by atoms with Gasteiger partial charge in [0.1, 0.15) is 13.2 Å². The Bertz CT molecular complexity index is 587. The predicted octanol–water partition coefficient (Wildman–Crippen LogP) is 1.35. The Morgan fingerprint density at radius 2 is 2.12 bits per heavy atom. The molecular formula is C12H11NO4. The summed E-state index contributed by atoms with van der Waals surface area (Å²) in [5, 5.41) is 0.811. The summed E-state index contributed by atoms with van der Waals surface area (Å²) in [6.45, 7) is 0.931. The second-order valence-corrected chi connectivity index (χ2v) is 3.75. The summed E-state index contributed by atoms with van der Waals surface area (Å²) in [4.78, 5) is 11.5. The van der Waals surface area contributed by atoms with Gasteiger partial charge < -0.3 is 19.6 Å². The summed E-state index contributed by atoms with van der Waals surface area (Å²) in [6, 6.07) is 5.31. The van der Waals surface area contributed by atoms with Crippen LogP contribution in [0.15, 0.2) is 22.6 Å². The first kappa shape index (κ1) is 10.2. The lowest BCUT2D eigenvalue weighted by molar-refractivity contribution is 0.0976. The first-order chi connectivity index (χ1) is 8.29. The Balaban J connectivity index is 2.18. The molecule has 3 rings (SSSR count). The maximum Gasteiger partial charge on any atom is 0.211 e. The number of nitrogens with two attached hydrogens (primary N) is 1. The van der Waals surface area contributed by atoms with Crippen molar-refractivity contribution < 1.29 is 18.7 Å². The highest BCUT2D eigenvalue weighted by Crippen LogP contribution is 2.38. The normalized spacial score (nSPS) is 13.9. The van der Waals surface area contributed by atoms with E-state index in [1.807, 2.05) is 12.1 Å². The number of carbonyl (C=O) groups excluding carboxylic acids is 1. The van der Waals surface area contributed by atoms with Gasteiger partial charge in [0.15, 0.2) is 17.1 Å². The molecule has 2 aromatic rings. The van der Waals surface area contributed by atoms with E-state index in [1.54, 1.807) is 6.07 Å². The van der Waals surface area contributed by atoms with E-state index in [4.69, 9.17) is 19.6 Å². The summed E-state index contributed by atoms with van der Waals surface area (Å²) in [5.41, 5.74) is 5.84. The lowest BCUT2D eigenvalue weighted by atomic mass is 10.2. The molecule has 0 spiro atoms. The number of hydrogen-bond acceptors (Lipinski definition) is 5. The molecule has 1 aliphatic rings. The fraction of sp³-hybridized carbons (Fsp3) is 0.250. The average Bonchev–Trinajstić information content (AvgIpc) is 2.82. The van der Waals surface area contributed by atoms with Gasteiger partial charge in [-0.15, -0.1) is 0 Å². The fourth-order valence-corrected chi connectivity index (χ4v) is 1.84. The van der Waals surface area contributed by atoms with Crippen LogP contribution in [0, 0.1) is 0 Å². The zero-order chi connectivity index (χ0) is 11.8. The molecule has 5 heteroatoms. The van der Waals surface area contributed by atoms with Gasteiger partial charge in [-0.3, -0.25) is 4.79 Å². The van der Waals surface area contributed by atoms with Crippen LogP contribution in [-0.4, -0.2) is 25.5 Å². The molecule has 17 heavy (non-hydrogen) atoms. The van der Waals surface area contributed by atoms with Gasteiger partial charge in [0, 0.05) is 5.39 Å². The summed E-state index contributed by atoms with van der Waals surface area (Å²) in [5.74, 6) is 1.23. The molecule has 1 aromatic carbocycles. The molecule has 1 aromatic heterocycles. The molecule has 0 atom stereocenters. The topological polar surface area (TPSA) is 74.7 Å². The number of ether oxygens (including phenoxy) is 2. The van der Waals surface area contributed by atoms with Crippen LogP contribution in [0.25, 0.3) is 11.0 Å². The minimum atomic E-state index is -0.230. The summed E-state index contributed by atoms with van der Waals surface area (Å²) in [6.07, 6.45) is 0. The minimum Gasteiger partial charge on any atom is -0.486 e. The second kappa shape index (κ2) is 3.78. The highest BCUT2D eigenvalue weighted by atomic mass is 16.6. The van der Waals surface area contributed by atoms with Crippen molar-refractivity contribution in [1.82, 2.24) is 0 Å². The molecular weight excluding hydrogens is 222 g/mol. The van der Waals surface area contributed by atoms with Gasteiger partial charge in [-0.2, -0.15) is 0 Å². The first-order valence-electron chi connectivity index (χ1n) is 5.35. The number of Topliss-reactive ketones (excluding diaryl/α,β-unsaturated/α-hetero) is 1. The van der Waals surface area contributed by atoms with Gasteiger partial charge in [-0.25, -0.2) is 0 Å². The number of fused-ring (bicyclic) bond motifs is 3. The Morgan fingerprint density at radius 3 is 2.94 bits per heavy atom. The second-order valence-electron chi connectivity index (χ2n) is 3.75. The van der Waals surface area contributed by atoms with Crippen LogP contribution in [0.1, 0.15) is 10.6 Å². The van der Waals surface area contributed by atoms with Crippen LogP contribution in [0.4, 0.5) is 0 Å². The van der Waals surface area contributed by atoms with Crippen molar-refractivity contribution in [2.75, 3.05) is 19.8 Å². The molecule has 88 valence electrons. The Labute approximate surface area is 97.1 Å². The van der Waals surface area contributed by atoms with Crippen molar-refractivity contribution in [3.63, 3.8) is 0 Å². The van der Waals surface area contributed by atoms with Crippen molar-refractivity contribution in [2.24, 2.45) is 5.73 Å². The van der Waals surface area contributed by atoms with Crippen molar-refractivity contribution in [1.29, 1.82) is 0 Å². The number of benzene rings is 1. The van der Waals surface area contributed by atoms with Crippen molar-refractivity contribution in [3.8, 4) is 11.5 Å². The van der Waals surface area contributed by atoms with E-state index >= 15 is 0 Å². The summed E-state index contributed by atoms with van der Waals surface area (Å²) in [7, 11) is 0. The zero-order valence-corrected chi connectivity index (χ0v) is 9.06. The molecule has 2 heterocycles. The third-order valence-corrected chi connectivity index (χ3v) is 2.65. The Kier molecular flexibility index (Phi) is 2.26. The van der Waals surface area contributed by atoms with Crippen molar-refractivity contribution in [2.45, 2.75) is 0 Å². The van der Waals surface area contributed by atoms with Crippen LogP contribution < -0.4 is 15.2 Å². The average molecular weight is 233 g/mol. The molecule has 0 amide bonds. The van der Waals surface area contributed by atoms with Crippen LogP contribution >= 0.6 is 0 Å². The lowest BCUT2D eigenvalue weighted by Crippen LogP contribution is -2.15. The van der Waals surface area contributed by atoms with E-state index in [-0.39, 0.29) is 18.1 Å².